The van der Waals surface area contributed by atoms with Gasteiger partial charge in [-0.3, -0.25) is 0 Å². The fraction of sp³-hybridized carbons (Fsp3) is 0.619. The van der Waals surface area contributed by atoms with Crippen LogP contribution in [0.25, 0.3) is 0 Å². The molecule has 0 aromatic heterocycles. The monoisotopic (exact) mass is 374 g/mol. The van der Waals surface area contributed by atoms with Crippen molar-refractivity contribution in [2.75, 3.05) is 0 Å². The summed E-state index contributed by atoms with van der Waals surface area (Å²) in [5.41, 5.74) is 6.98. The Morgan fingerprint density at radius 1 is 1.05 bits per heavy atom. The Balaban J connectivity index is 2.05. The number of fused-ring (bicyclic) bond motifs is 1. The molecule has 0 saturated heterocycles. The predicted molar refractivity (Wildman–Crippen MR) is 94.9 cm³/mol. The van der Waals surface area contributed by atoms with Crippen molar-refractivity contribution in [1.29, 1.82) is 0 Å². The van der Waals surface area contributed by atoms with Gasteiger partial charge >= 0.3 is 142 Å². The van der Waals surface area contributed by atoms with Gasteiger partial charge in [-0.15, -0.1) is 0 Å². The van der Waals surface area contributed by atoms with Crippen LogP contribution in [-0.4, -0.2) is 0 Å². The van der Waals surface area contributed by atoms with Gasteiger partial charge in [-0.05, 0) is 0 Å². The van der Waals surface area contributed by atoms with Gasteiger partial charge in [-0.1, -0.05) is 0 Å². The Morgan fingerprint density at radius 2 is 1.73 bits per heavy atom. The summed E-state index contributed by atoms with van der Waals surface area (Å²) in [4.78, 5) is 0. The molecule has 0 aliphatic heterocycles. The maximum atomic E-state index is 2.72. The Bertz CT molecular complexity index is 622. The quantitative estimate of drug-likeness (QED) is 0.489. The minimum atomic E-state index is -2.38. The molecule has 1 saturated carbocycles. The normalized spacial score (nSPS) is 31.0. The third-order valence-electron chi connectivity index (χ3n) is 7.10. The first-order valence-corrected chi connectivity index (χ1v) is 16.5. The van der Waals surface area contributed by atoms with E-state index < -0.39 is 20.3 Å². The van der Waals surface area contributed by atoms with Crippen LogP contribution in [0.2, 0.25) is 12.9 Å². The van der Waals surface area contributed by atoms with E-state index in [1.54, 1.807) is 16.7 Å². The summed E-state index contributed by atoms with van der Waals surface area (Å²) in [5, 5.41) is 0. The molecule has 3 aliphatic carbocycles. The second-order valence-corrected chi connectivity index (χ2v) is 20.2. The van der Waals surface area contributed by atoms with Crippen LogP contribution < -0.4 is 0 Å². The molecule has 0 nitrogen and oxygen atoms in total. The van der Waals surface area contributed by atoms with Crippen molar-refractivity contribution >= 4 is 0 Å². The molecule has 3 aliphatic rings. The molecule has 1 heteroatoms. The van der Waals surface area contributed by atoms with Crippen LogP contribution in [0.1, 0.15) is 53.9 Å². The van der Waals surface area contributed by atoms with Crippen LogP contribution >= 0.6 is 0 Å². The first-order chi connectivity index (χ1) is 10.2. The molecule has 0 heterocycles. The van der Waals surface area contributed by atoms with Gasteiger partial charge in [0, 0.05) is 0 Å². The van der Waals surface area contributed by atoms with Crippen LogP contribution in [0.4, 0.5) is 0 Å². The van der Waals surface area contributed by atoms with Crippen molar-refractivity contribution < 1.29 is 20.3 Å². The van der Waals surface area contributed by atoms with E-state index in [0.29, 0.717) is 5.41 Å². The van der Waals surface area contributed by atoms with E-state index in [1.807, 2.05) is 8.85 Å². The number of rotatable bonds is 2. The molecule has 0 amide bonds. The van der Waals surface area contributed by atoms with Crippen molar-refractivity contribution in [1.82, 2.24) is 0 Å². The van der Waals surface area contributed by atoms with Crippen molar-refractivity contribution in [3.8, 4) is 0 Å². The number of hydrogen-bond donors (Lipinski definition) is 0. The Morgan fingerprint density at radius 3 is 2.32 bits per heavy atom. The summed E-state index contributed by atoms with van der Waals surface area (Å²) in [6.07, 6.45) is 11.4. The Labute approximate surface area is 141 Å². The average Bonchev–Trinajstić information content (AvgIpc) is 2.94. The molecule has 0 radical (unpaired) electrons. The molecule has 0 bridgehead atoms. The SMILES string of the molecule is CC1=C(C)C(C)(C)[C]([Zr]([CH3])([CH3])[CH]2CCC3CC=CC=C32)=C1C. The van der Waals surface area contributed by atoms with Gasteiger partial charge < -0.3 is 0 Å². The second-order valence-electron chi connectivity index (χ2n) is 8.75. The minimum absolute atomic E-state index is 0.302. The van der Waals surface area contributed by atoms with Crippen molar-refractivity contribution in [2.45, 2.75) is 66.8 Å². The van der Waals surface area contributed by atoms with Gasteiger partial charge in [-0.25, -0.2) is 0 Å². The molecular formula is C21H32Zr. The zero-order chi connectivity index (χ0) is 16.3. The third-order valence-corrected chi connectivity index (χ3v) is 18.5. The van der Waals surface area contributed by atoms with E-state index in [0.717, 1.165) is 9.54 Å². The number of hydrogen-bond acceptors (Lipinski definition) is 0. The van der Waals surface area contributed by atoms with Crippen LogP contribution in [0, 0.1) is 11.3 Å². The van der Waals surface area contributed by atoms with Gasteiger partial charge in [-0.2, -0.15) is 0 Å². The van der Waals surface area contributed by atoms with Crippen LogP contribution in [-0.2, 0) is 20.3 Å². The van der Waals surface area contributed by atoms with Crippen molar-refractivity contribution in [2.24, 2.45) is 11.3 Å². The summed E-state index contributed by atoms with van der Waals surface area (Å²) >= 11 is -2.38. The molecule has 3 rings (SSSR count). The topological polar surface area (TPSA) is 0 Å². The standard InChI is InChI=1S/C10H15.C9H11.2CH3.Zr/c1-7-6-10(4,5)9(3)8(7)2;1-2-5-9-7-3-6-8(9)4-1;;;/h1-5H3;1-2,4,6,9H,3,5,7H2;2*1H3;. The molecule has 0 N–H and O–H groups in total. The molecule has 0 aromatic carbocycles. The van der Waals surface area contributed by atoms with E-state index in [2.05, 4.69) is 62.1 Å². The van der Waals surface area contributed by atoms with Crippen molar-refractivity contribution in [3.05, 3.63) is 43.8 Å². The fourth-order valence-corrected chi connectivity index (χ4v) is 18.9. The summed E-state index contributed by atoms with van der Waals surface area (Å²) < 4.78 is 8.26. The van der Waals surface area contributed by atoms with Crippen molar-refractivity contribution in [3.63, 3.8) is 0 Å². The second kappa shape index (κ2) is 5.44. The third kappa shape index (κ3) is 2.26. The summed E-state index contributed by atoms with van der Waals surface area (Å²) in [6, 6.07) is 0. The van der Waals surface area contributed by atoms with Crippen LogP contribution in [0.3, 0.4) is 0 Å². The van der Waals surface area contributed by atoms with E-state index in [4.69, 9.17) is 0 Å². The van der Waals surface area contributed by atoms with Gasteiger partial charge in [0.25, 0.3) is 0 Å². The Hall–Kier alpha value is -0.157. The van der Waals surface area contributed by atoms with Gasteiger partial charge in [0.2, 0.25) is 0 Å². The molecule has 1 fully saturated rings. The molecule has 0 spiro atoms. The molecular weight excluding hydrogens is 343 g/mol. The van der Waals surface area contributed by atoms with Gasteiger partial charge in [0.05, 0.1) is 0 Å². The van der Waals surface area contributed by atoms with E-state index in [-0.39, 0.29) is 0 Å². The van der Waals surface area contributed by atoms with E-state index >= 15 is 0 Å². The van der Waals surface area contributed by atoms with E-state index in [9.17, 15) is 0 Å². The summed E-state index contributed by atoms with van der Waals surface area (Å²) in [5.74, 6) is 0.867. The fourth-order valence-electron chi connectivity index (χ4n) is 5.75. The Kier molecular flexibility index (Phi) is 4.13. The van der Waals surface area contributed by atoms with E-state index in [1.165, 1.54) is 19.3 Å². The molecule has 2 atom stereocenters. The molecule has 0 aromatic rings. The predicted octanol–water partition coefficient (Wildman–Crippen LogP) is 6.97. The molecule has 120 valence electrons. The summed E-state index contributed by atoms with van der Waals surface area (Å²) in [7, 11) is 0. The van der Waals surface area contributed by atoms with Gasteiger partial charge in [0.15, 0.2) is 0 Å². The first-order valence-electron chi connectivity index (χ1n) is 8.95. The first kappa shape index (κ1) is 16.7. The zero-order valence-electron chi connectivity index (χ0n) is 15.5. The maximum absolute atomic E-state index is 2.72. The average molecular weight is 376 g/mol. The summed E-state index contributed by atoms with van der Waals surface area (Å²) in [6.45, 7) is 12.1. The zero-order valence-corrected chi connectivity index (χ0v) is 18.0. The van der Waals surface area contributed by atoms with Crippen LogP contribution in [0.5, 0.6) is 0 Å². The number of allylic oxidation sites excluding steroid dienone is 8. The van der Waals surface area contributed by atoms with Crippen LogP contribution in [0.15, 0.2) is 43.8 Å². The van der Waals surface area contributed by atoms with Gasteiger partial charge in [0.1, 0.15) is 0 Å². The molecule has 2 unspecified atom stereocenters. The molecule has 22 heavy (non-hydrogen) atoms.